The van der Waals surface area contributed by atoms with Crippen LogP contribution in [-0.4, -0.2) is 26.0 Å². The number of thioether (sulfide) groups is 1. The Bertz CT molecular complexity index is 359. The summed E-state index contributed by atoms with van der Waals surface area (Å²) < 4.78 is 5.45. The molecule has 1 aromatic rings. The van der Waals surface area contributed by atoms with Crippen molar-refractivity contribution >= 4 is 11.8 Å². The second-order valence-electron chi connectivity index (χ2n) is 5.05. The van der Waals surface area contributed by atoms with Crippen molar-refractivity contribution in [2.24, 2.45) is 11.7 Å². The highest BCUT2D eigenvalue weighted by Gasteiger charge is 2.40. The van der Waals surface area contributed by atoms with Gasteiger partial charge in [0.2, 0.25) is 0 Å². The molecule has 1 heterocycles. The van der Waals surface area contributed by atoms with Crippen LogP contribution in [0.3, 0.4) is 0 Å². The fourth-order valence-corrected chi connectivity index (χ4v) is 2.85. The van der Waals surface area contributed by atoms with Gasteiger partial charge in [-0.2, -0.15) is 0 Å². The molecule has 1 atom stereocenters. The van der Waals surface area contributed by atoms with E-state index in [-0.39, 0.29) is 5.41 Å². The van der Waals surface area contributed by atoms with Crippen LogP contribution >= 0.6 is 11.8 Å². The zero-order valence-corrected chi connectivity index (χ0v) is 11.4. The lowest BCUT2D eigenvalue weighted by atomic mass is 9.72. The summed E-state index contributed by atoms with van der Waals surface area (Å²) in [6.07, 6.45) is 3.23. The molecule has 1 aliphatic heterocycles. The second kappa shape index (κ2) is 5.42. The maximum Gasteiger partial charge on any atom is 0.0585 e. The predicted octanol–water partition coefficient (Wildman–Crippen LogP) is 2.66. The van der Waals surface area contributed by atoms with Gasteiger partial charge in [0.1, 0.15) is 0 Å². The van der Waals surface area contributed by atoms with E-state index in [0.717, 1.165) is 26.2 Å². The van der Waals surface area contributed by atoms with E-state index in [4.69, 9.17) is 10.5 Å². The molecule has 0 spiro atoms. The Balaban J connectivity index is 2.16. The van der Waals surface area contributed by atoms with Crippen molar-refractivity contribution in [3.05, 3.63) is 29.8 Å². The molecule has 0 radical (unpaired) electrons. The molecule has 0 amide bonds. The number of rotatable bonds is 5. The fraction of sp³-hybridized carbons (Fsp3) is 0.571. The lowest BCUT2D eigenvalue weighted by molar-refractivity contribution is -0.0702. The van der Waals surface area contributed by atoms with E-state index in [1.54, 1.807) is 11.8 Å². The maximum absolute atomic E-state index is 5.74. The van der Waals surface area contributed by atoms with Gasteiger partial charge in [0.15, 0.2) is 0 Å². The number of benzene rings is 1. The van der Waals surface area contributed by atoms with Gasteiger partial charge in [0.25, 0.3) is 0 Å². The number of hydrogen-bond donors (Lipinski definition) is 1. The molecule has 2 rings (SSSR count). The van der Waals surface area contributed by atoms with Crippen LogP contribution in [0.15, 0.2) is 29.2 Å². The molecule has 1 aromatic carbocycles. The summed E-state index contributed by atoms with van der Waals surface area (Å²) in [5.41, 5.74) is 7.36. The molecule has 0 aromatic heterocycles. The Morgan fingerprint density at radius 2 is 2.00 bits per heavy atom. The summed E-state index contributed by atoms with van der Waals surface area (Å²) in [5.74, 6) is 0.555. The molecule has 0 aliphatic carbocycles. The van der Waals surface area contributed by atoms with Crippen molar-refractivity contribution in [2.75, 3.05) is 26.0 Å². The average molecular weight is 251 g/mol. The topological polar surface area (TPSA) is 35.2 Å². The quantitative estimate of drug-likeness (QED) is 0.817. The molecule has 1 unspecified atom stereocenters. The summed E-state index contributed by atoms with van der Waals surface area (Å²) in [6.45, 7) is 4.66. The van der Waals surface area contributed by atoms with E-state index in [1.165, 1.54) is 10.5 Å². The molecule has 0 saturated carbocycles. The zero-order chi connectivity index (χ0) is 12.3. The van der Waals surface area contributed by atoms with Crippen LogP contribution in [0.5, 0.6) is 0 Å². The minimum atomic E-state index is 0.218. The van der Waals surface area contributed by atoms with Crippen LogP contribution in [0.4, 0.5) is 0 Å². The second-order valence-corrected chi connectivity index (χ2v) is 5.93. The van der Waals surface area contributed by atoms with E-state index < -0.39 is 0 Å². The molecule has 94 valence electrons. The third-order valence-corrected chi connectivity index (χ3v) is 4.34. The van der Waals surface area contributed by atoms with Gasteiger partial charge in [-0.1, -0.05) is 19.1 Å². The van der Waals surface area contributed by atoms with Gasteiger partial charge in [-0.15, -0.1) is 11.8 Å². The van der Waals surface area contributed by atoms with E-state index in [9.17, 15) is 0 Å². The normalized spacial score (nSPS) is 19.7. The van der Waals surface area contributed by atoms with E-state index in [0.29, 0.717) is 5.92 Å². The summed E-state index contributed by atoms with van der Waals surface area (Å²) in [4.78, 5) is 1.32. The van der Waals surface area contributed by atoms with Crippen molar-refractivity contribution in [2.45, 2.75) is 23.7 Å². The van der Waals surface area contributed by atoms with Crippen molar-refractivity contribution < 1.29 is 4.74 Å². The standard InChI is InChI=1S/C14H21NOS/c1-11(8-15)7-14(9-16-10-14)12-3-5-13(17-2)6-4-12/h3-6,11H,7-10,15H2,1-2H3. The van der Waals surface area contributed by atoms with Gasteiger partial charge in [0.05, 0.1) is 13.2 Å². The van der Waals surface area contributed by atoms with E-state index in [2.05, 4.69) is 37.4 Å². The van der Waals surface area contributed by atoms with Crippen LogP contribution in [0, 0.1) is 5.92 Å². The van der Waals surface area contributed by atoms with Crippen LogP contribution in [-0.2, 0) is 10.2 Å². The molecule has 3 heteroatoms. The summed E-state index contributed by atoms with van der Waals surface area (Å²) in [5, 5.41) is 0. The highest BCUT2D eigenvalue weighted by molar-refractivity contribution is 7.98. The van der Waals surface area contributed by atoms with Crippen molar-refractivity contribution in [1.29, 1.82) is 0 Å². The largest absolute Gasteiger partial charge is 0.379 e. The maximum atomic E-state index is 5.74. The monoisotopic (exact) mass is 251 g/mol. The molecule has 2 nitrogen and oxygen atoms in total. The first-order chi connectivity index (χ1) is 8.20. The Labute approximate surface area is 108 Å². The van der Waals surface area contributed by atoms with Gasteiger partial charge < -0.3 is 10.5 Å². The molecule has 1 fully saturated rings. The summed E-state index contributed by atoms with van der Waals surface area (Å²) >= 11 is 1.78. The van der Waals surface area contributed by atoms with Gasteiger partial charge in [-0.3, -0.25) is 0 Å². The SMILES string of the molecule is CSc1ccc(C2(CC(C)CN)COC2)cc1. The fourth-order valence-electron chi connectivity index (χ4n) is 2.45. The smallest absolute Gasteiger partial charge is 0.0585 e. The van der Waals surface area contributed by atoms with Crippen molar-refractivity contribution in [1.82, 2.24) is 0 Å². The first-order valence-corrected chi connectivity index (χ1v) is 7.35. The van der Waals surface area contributed by atoms with E-state index in [1.807, 2.05) is 0 Å². The highest BCUT2D eigenvalue weighted by Crippen LogP contribution is 2.38. The number of hydrogen-bond acceptors (Lipinski definition) is 3. The third kappa shape index (κ3) is 2.67. The van der Waals surface area contributed by atoms with Crippen molar-refractivity contribution in [3.63, 3.8) is 0 Å². The van der Waals surface area contributed by atoms with Crippen LogP contribution in [0.25, 0.3) is 0 Å². The van der Waals surface area contributed by atoms with Crippen LogP contribution in [0.1, 0.15) is 18.9 Å². The third-order valence-electron chi connectivity index (χ3n) is 3.60. The van der Waals surface area contributed by atoms with Gasteiger partial charge in [0, 0.05) is 10.3 Å². The molecular formula is C14H21NOS. The molecular weight excluding hydrogens is 230 g/mol. The number of nitrogens with two attached hydrogens (primary N) is 1. The Hall–Kier alpha value is -0.510. The molecule has 1 saturated heterocycles. The predicted molar refractivity (Wildman–Crippen MR) is 73.6 cm³/mol. The van der Waals surface area contributed by atoms with Crippen LogP contribution in [0.2, 0.25) is 0 Å². The van der Waals surface area contributed by atoms with Gasteiger partial charge in [-0.25, -0.2) is 0 Å². The first kappa shape index (κ1) is 12.9. The minimum Gasteiger partial charge on any atom is -0.379 e. The molecule has 0 bridgehead atoms. The Morgan fingerprint density at radius 1 is 1.35 bits per heavy atom. The minimum absolute atomic E-state index is 0.218. The lowest BCUT2D eigenvalue weighted by Crippen LogP contribution is -2.48. The molecule has 1 aliphatic rings. The Morgan fingerprint density at radius 3 is 2.41 bits per heavy atom. The highest BCUT2D eigenvalue weighted by atomic mass is 32.2. The average Bonchev–Trinajstić information content (AvgIpc) is 2.33. The van der Waals surface area contributed by atoms with Gasteiger partial charge in [-0.05, 0) is 42.8 Å². The Kier molecular flexibility index (Phi) is 4.13. The molecule has 17 heavy (non-hydrogen) atoms. The summed E-state index contributed by atoms with van der Waals surface area (Å²) in [7, 11) is 0. The van der Waals surface area contributed by atoms with E-state index >= 15 is 0 Å². The van der Waals surface area contributed by atoms with Crippen LogP contribution < -0.4 is 5.73 Å². The zero-order valence-electron chi connectivity index (χ0n) is 10.6. The summed E-state index contributed by atoms with van der Waals surface area (Å²) in [6, 6.07) is 8.90. The van der Waals surface area contributed by atoms with Crippen molar-refractivity contribution in [3.8, 4) is 0 Å². The first-order valence-electron chi connectivity index (χ1n) is 6.12. The molecule has 2 N–H and O–H groups in total. The van der Waals surface area contributed by atoms with Gasteiger partial charge >= 0.3 is 0 Å². The number of ether oxygens (including phenoxy) is 1. The lowest BCUT2D eigenvalue weighted by Gasteiger charge is -2.43.